The number of thioether (sulfide) groups is 1. The molecular weight excluding hydrogens is 380 g/mol. The van der Waals surface area contributed by atoms with Crippen molar-refractivity contribution in [1.29, 1.82) is 0 Å². The Labute approximate surface area is 156 Å². The van der Waals surface area contributed by atoms with E-state index in [2.05, 4.69) is 15.5 Å². The molecule has 0 bridgehead atoms. The monoisotopic (exact) mass is 390 g/mol. The highest BCUT2D eigenvalue weighted by atomic mass is 35.5. The summed E-state index contributed by atoms with van der Waals surface area (Å²) >= 11 is 7.51. The van der Waals surface area contributed by atoms with Crippen molar-refractivity contribution in [2.45, 2.75) is 4.90 Å². The molecule has 0 spiro atoms. The standard InChI is InChI=1S/C16H11ClN4O4S/c1-26-11-4-2-3-9(7-11)15-19-20-16(25-15)18-14(22)12-8-10(21(23)24)5-6-13(12)17/h2-8H,1H3,(H,18,20,22). The van der Waals surface area contributed by atoms with Gasteiger partial charge >= 0.3 is 6.01 Å². The molecule has 0 fully saturated rings. The van der Waals surface area contributed by atoms with Crippen LogP contribution in [0.3, 0.4) is 0 Å². The van der Waals surface area contributed by atoms with E-state index < -0.39 is 10.8 Å². The van der Waals surface area contributed by atoms with Crippen molar-refractivity contribution >= 4 is 41.0 Å². The largest absolute Gasteiger partial charge is 0.403 e. The summed E-state index contributed by atoms with van der Waals surface area (Å²) < 4.78 is 5.44. The normalized spacial score (nSPS) is 10.5. The first-order valence-electron chi connectivity index (χ1n) is 7.21. The molecule has 0 aliphatic carbocycles. The van der Waals surface area contributed by atoms with Crippen LogP contribution >= 0.6 is 23.4 Å². The van der Waals surface area contributed by atoms with Gasteiger partial charge in [0, 0.05) is 22.6 Å². The number of benzene rings is 2. The molecule has 1 heterocycles. The molecule has 2 aromatic carbocycles. The van der Waals surface area contributed by atoms with Crippen LogP contribution < -0.4 is 5.32 Å². The molecule has 0 atom stereocenters. The van der Waals surface area contributed by atoms with Gasteiger partial charge in [-0.1, -0.05) is 22.8 Å². The van der Waals surface area contributed by atoms with Gasteiger partial charge in [-0.15, -0.1) is 16.9 Å². The number of carbonyl (C=O) groups is 1. The second-order valence-corrected chi connectivity index (χ2v) is 6.31. The molecule has 0 aliphatic rings. The van der Waals surface area contributed by atoms with Gasteiger partial charge in [-0.05, 0) is 30.5 Å². The second-order valence-electron chi connectivity index (χ2n) is 5.02. The topological polar surface area (TPSA) is 111 Å². The number of anilines is 1. The smallest absolute Gasteiger partial charge is 0.322 e. The fourth-order valence-electron chi connectivity index (χ4n) is 2.11. The van der Waals surface area contributed by atoms with Gasteiger partial charge in [0.05, 0.1) is 15.5 Å². The quantitative estimate of drug-likeness (QED) is 0.393. The maximum atomic E-state index is 12.3. The number of nitrogens with one attached hydrogen (secondary N) is 1. The average molecular weight is 391 g/mol. The molecule has 3 aromatic rings. The molecule has 0 unspecified atom stereocenters. The van der Waals surface area contributed by atoms with Crippen LogP contribution in [-0.4, -0.2) is 27.3 Å². The molecule has 10 heteroatoms. The van der Waals surface area contributed by atoms with Crippen molar-refractivity contribution in [3.63, 3.8) is 0 Å². The number of rotatable bonds is 5. The summed E-state index contributed by atoms with van der Waals surface area (Å²) in [6.45, 7) is 0. The molecule has 0 saturated carbocycles. The molecule has 3 rings (SSSR count). The third-order valence-electron chi connectivity index (χ3n) is 3.37. The molecule has 0 aliphatic heterocycles. The van der Waals surface area contributed by atoms with Crippen LogP contribution in [0, 0.1) is 10.1 Å². The Bertz CT molecular complexity index is 992. The van der Waals surface area contributed by atoms with Crippen LogP contribution in [0.15, 0.2) is 51.8 Å². The van der Waals surface area contributed by atoms with Crippen molar-refractivity contribution in [2.24, 2.45) is 0 Å². The van der Waals surface area contributed by atoms with Crippen LogP contribution in [0.1, 0.15) is 10.4 Å². The van der Waals surface area contributed by atoms with Crippen molar-refractivity contribution in [2.75, 3.05) is 11.6 Å². The number of hydrogen-bond donors (Lipinski definition) is 1. The lowest BCUT2D eigenvalue weighted by Gasteiger charge is -2.03. The Balaban J connectivity index is 1.82. The molecular formula is C16H11ClN4O4S. The summed E-state index contributed by atoms with van der Waals surface area (Å²) in [5, 5.41) is 21.0. The minimum absolute atomic E-state index is 0.0648. The first-order chi connectivity index (χ1) is 12.5. The van der Waals surface area contributed by atoms with Gasteiger partial charge in [0.15, 0.2) is 0 Å². The number of nitrogens with zero attached hydrogens (tertiary/aromatic N) is 3. The Kier molecular flexibility index (Phi) is 5.19. The number of nitro groups is 1. The summed E-state index contributed by atoms with van der Waals surface area (Å²) in [5.74, 6) is -0.451. The van der Waals surface area contributed by atoms with Crippen LogP contribution in [0.4, 0.5) is 11.7 Å². The highest BCUT2D eigenvalue weighted by molar-refractivity contribution is 7.98. The van der Waals surface area contributed by atoms with Gasteiger partial charge in [-0.3, -0.25) is 20.2 Å². The fourth-order valence-corrected chi connectivity index (χ4v) is 2.77. The minimum atomic E-state index is -0.688. The minimum Gasteiger partial charge on any atom is -0.403 e. The van der Waals surface area contributed by atoms with Gasteiger partial charge < -0.3 is 4.42 Å². The Morgan fingerprint density at radius 3 is 2.81 bits per heavy atom. The molecule has 1 amide bonds. The molecule has 132 valence electrons. The predicted octanol–water partition coefficient (Wildman–Crippen LogP) is 4.27. The summed E-state index contributed by atoms with van der Waals surface area (Å²) in [5.41, 5.74) is 0.392. The van der Waals surface area contributed by atoms with E-state index in [9.17, 15) is 14.9 Å². The number of non-ortho nitro benzene ring substituents is 1. The van der Waals surface area contributed by atoms with E-state index >= 15 is 0 Å². The van der Waals surface area contributed by atoms with E-state index in [0.717, 1.165) is 11.0 Å². The zero-order chi connectivity index (χ0) is 18.7. The average Bonchev–Trinajstić information content (AvgIpc) is 3.10. The lowest BCUT2D eigenvalue weighted by Crippen LogP contribution is -2.13. The SMILES string of the molecule is CSc1cccc(-c2nnc(NC(=O)c3cc([N+](=O)[O-])ccc3Cl)o2)c1. The first kappa shape index (κ1) is 17.9. The van der Waals surface area contributed by atoms with Gasteiger partial charge in [0.1, 0.15) is 0 Å². The lowest BCUT2D eigenvalue weighted by atomic mass is 10.2. The Hall–Kier alpha value is -2.91. The van der Waals surface area contributed by atoms with E-state index in [1.54, 1.807) is 17.8 Å². The highest BCUT2D eigenvalue weighted by Crippen LogP contribution is 2.26. The first-order valence-corrected chi connectivity index (χ1v) is 8.81. The van der Waals surface area contributed by atoms with Crippen molar-refractivity contribution in [3.8, 4) is 11.5 Å². The van der Waals surface area contributed by atoms with Crippen molar-refractivity contribution in [3.05, 3.63) is 63.2 Å². The molecule has 0 saturated heterocycles. The number of aromatic nitrogens is 2. The van der Waals surface area contributed by atoms with Crippen molar-refractivity contribution < 1.29 is 14.1 Å². The lowest BCUT2D eigenvalue weighted by molar-refractivity contribution is -0.384. The second kappa shape index (κ2) is 7.54. The number of carbonyl (C=O) groups excluding carboxylic acids is 1. The van der Waals surface area contributed by atoms with E-state index in [4.69, 9.17) is 16.0 Å². The zero-order valence-corrected chi connectivity index (χ0v) is 14.9. The third-order valence-corrected chi connectivity index (χ3v) is 4.42. The van der Waals surface area contributed by atoms with E-state index in [1.165, 1.54) is 12.1 Å². The van der Waals surface area contributed by atoms with E-state index in [1.807, 2.05) is 24.5 Å². The zero-order valence-electron chi connectivity index (χ0n) is 13.3. The third kappa shape index (κ3) is 3.84. The van der Waals surface area contributed by atoms with Gasteiger partial charge in [-0.2, -0.15) is 0 Å². The molecule has 0 radical (unpaired) electrons. The molecule has 26 heavy (non-hydrogen) atoms. The number of hydrogen-bond acceptors (Lipinski definition) is 7. The van der Waals surface area contributed by atoms with Gasteiger partial charge in [-0.25, -0.2) is 0 Å². The molecule has 1 N–H and O–H groups in total. The number of halogens is 1. The predicted molar refractivity (Wildman–Crippen MR) is 97.6 cm³/mol. The maximum absolute atomic E-state index is 12.3. The number of amides is 1. The summed E-state index contributed by atoms with van der Waals surface area (Å²) in [7, 11) is 0. The van der Waals surface area contributed by atoms with Crippen molar-refractivity contribution in [1.82, 2.24) is 10.2 Å². The van der Waals surface area contributed by atoms with Crippen LogP contribution in [-0.2, 0) is 0 Å². The van der Waals surface area contributed by atoms with Gasteiger partial charge in [0.2, 0.25) is 5.89 Å². The van der Waals surface area contributed by atoms with Crippen LogP contribution in [0.5, 0.6) is 0 Å². The van der Waals surface area contributed by atoms with Crippen LogP contribution in [0.2, 0.25) is 5.02 Å². The van der Waals surface area contributed by atoms with E-state index in [-0.39, 0.29) is 28.2 Å². The van der Waals surface area contributed by atoms with Gasteiger partial charge in [0.25, 0.3) is 11.6 Å². The summed E-state index contributed by atoms with van der Waals surface area (Å²) in [6, 6.07) is 10.9. The van der Waals surface area contributed by atoms with E-state index in [0.29, 0.717) is 5.56 Å². The highest BCUT2D eigenvalue weighted by Gasteiger charge is 2.18. The number of nitro benzene ring substituents is 1. The van der Waals surface area contributed by atoms with Crippen LogP contribution in [0.25, 0.3) is 11.5 Å². The summed E-state index contributed by atoms with van der Waals surface area (Å²) in [6.07, 6.45) is 1.95. The molecule has 1 aromatic heterocycles. The Morgan fingerprint density at radius 1 is 1.27 bits per heavy atom. The Morgan fingerprint density at radius 2 is 2.08 bits per heavy atom. The fraction of sp³-hybridized carbons (Fsp3) is 0.0625. The molecule has 8 nitrogen and oxygen atoms in total. The summed E-state index contributed by atoms with van der Waals surface area (Å²) in [4.78, 5) is 23.6. The maximum Gasteiger partial charge on any atom is 0.322 e.